The molecule has 126 valence electrons. The van der Waals surface area contributed by atoms with Crippen LogP contribution in [0.2, 0.25) is 0 Å². The first-order valence-electron chi connectivity index (χ1n) is 6.71. The summed E-state index contributed by atoms with van der Waals surface area (Å²) in [6.07, 6.45) is -1.04. The van der Waals surface area contributed by atoms with E-state index >= 15 is 0 Å². The van der Waals surface area contributed by atoms with Gasteiger partial charge >= 0.3 is 0 Å². The summed E-state index contributed by atoms with van der Waals surface area (Å²) in [6, 6.07) is 14.1. The Hall–Kier alpha value is -2.02. The van der Waals surface area contributed by atoms with Gasteiger partial charge < -0.3 is 10.6 Å². The van der Waals surface area contributed by atoms with Gasteiger partial charge in [0.2, 0.25) is 3.79 Å². The molecule has 0 aliphatic rings. The number of amides is 1. The van der Waals surface area contributed by atoms with E-state index in [1.54, 1.807) is 24.3 Å². The first-order valence-corrected chi connectivity index (χ1v) is 7.84. The largest absolute Gasteiger partial charge is 0.362 e. The quantitative estimate of drug-likeness (QED) is 0.349. The van der Waals surface area contributed by atoms with Crippen molar-refractivity contribution < 1.29 is 9.72 Å². The number of benzene rings is 2. The molecule has 0 unspecified atom stereocenters. The van der Waals surface area contributed by atoms with Gasteiger partial charge in [0.15, 0.2) is 0 Å². The lowest BCUT2D eigenvalue weighted by Gasteiger charge is -2.27. The summed E-state index contributed by atoms with van der Waals surface area (Å²) in [4.78, 5) is 22.5. The number of hydrogen-bond donors (Lipinski definition) is 2. The summed E-state index contributed by atoms with van der Waals surface area (Å²) in [6.45, 7) is 0. The molecule has 24 heavy (non-hydrogen) atoms. The van der Waals surface area contributed by atoms with E-state index in [1.165, 1.54) is 18.2 Å². The molecule has 0 aliphatic carbocycles. The van der Waals surface area contributed by atoms with Crippen molar-refractivity contribution >= 4 is 52.1 Å². The Kier molecular flexibility index (Phi) is 5.88. The summed E-state index contributed by atoms with van der Waals surface area (Å²) in [7, 11) is 0. The van der Waals surface area contributed by atoms with E-state index in [9.17, 15) is 14.9 Å². The zero-order valence-corrected chi connectivity index (χ0v) is 14.3. The van der Waals surface area contributed by atoms with Crippen LogP contribution >= 0.6 is 34.8 Å². The van der Waals surface area contributed by atoms with E-state index in [4.69, 9.17) is 34.8 Å². The molecular weight excluding hydrogens is 377 g/mol. The van der Waals surface area contributed by atoms with E-state index in [0.717, 1.165) is 6.07 Å². The van der Waals surface area contributed by atoms with Crippen LogP contribution in [0.4, 0.5) is 11.4 Å². The lowest BCUT2D eigenvalue weighted by molar-refractivity contribution is -0.384. The number of halogens is 3. The standard InChI is InChI=1S/C15H12Cl3N3O3/c16-15(17,18)14(19-11-6-2-1-3-7-11)20-13(22)10-5-4-8-12(9-10)21(23)24/h1-9,14,19H,(H,20,22)/t14-/m0/s1. The molecule has 2 N–H and O–H groups in total. The van der Waals surface area contributed by atoms with Crippen LogP contribution in [0.5, 0.6) is 0 Å². The van der Waals surface area contributed by atoms with Crippen LogP contribution in [0.1, 0.15) is 10.4 Å². The lowest BCUT2D eigenvalue weighted by atomic mass is 10.2. The fourth-order valence-electron chi connectivity index (χ4n) is 1.88. The number of hydrogen-bond acceptors (Lipinski definition) is 4. The Bertz CT molecular complexity index is 735. The lowest BCUT2D eigenvalue weighted by Crippen LogP contribution is -2.49. The minimum atomic E-state index is -1.84. The molecule has 0 aliphatic heterocycles. The van der Waals surface area contributed by atoms with Gasteiger partial charge in [0.25, 0.3) is 11.6 Å². The SMILES string of the molecule is O=C(N[C@H](Nc1ccccc1)C(Cl)(Cl)Cl)c1cccc([N+](=O)[O-])c1. The maximum Gasteiger partial charge on any atom is 0.270 e. The predicted octanol–water partition coefficient (Wildman–Crippen LogP) is 4.13. The second kappa shape index (κ2) is 7.70. The number of carbonyl (C=O) groups is 1. The van der Waals surface area contributed by atoms with Gasteiger partial charge in [0.1, 0.15) is 6.17 Å². The Balaban J connectivity index is 2.18. The van der Waals surface area contributed by atoms with Gasteiger partial charge in [0.05, 0.1) is 4.92 Å². The van der Waals surface area contributed by atoms with Crippen LogP contribution in [0.15, 0.2) is 54.6 Å². The van der Waals surface area contributed by atoms with Gasteiger partial charge in [-0.3, -0.25) is 14.9 Å². The molecule has 1 amide bonds. The highest BCUT2D eigenvalue weighted by atomic mass is 35.6. The van der Waals surface area contributed by atoms with Crippen LogP contribution in [-0.4, -0.2) is 20.8 Å². The number of carbonyl (C=O) groups excluding carboxylic acids is 1. The highest BCUT2D eigenvalue weighted by Crippen LogP contribution is 2.31. The van der Waals surface area contributed by atoms with Gasteiger partial charge in [0, 0.05) is 23.4 Å². The minimum absolute atomic E-state index is 0.0818. The molecule has 0 saturated heterocycles. The van der Waals surface area contributed by atoms with Gasteiger partial charge in [-0.05, 0) is 18.2 Å². The maximum atomic E-state index is 12.3. The number of para-hydroxylation sites is 1. The van der Waals surface area contributed by atoms with E-state index in [0.29, 0.717) is 5.69 Å². The molecule has 0 saturated carbocycles. The summed E-state index contributed by atoms with van der Waals surface area (Å²) >= 11 is 17.7. The van der Waals surface area contributed by atoms with E-state index in [1.807, 2.05) is 6.07 Å². The van der Waals surface area contributed by atoms with Crippen molar-refractivity contribution in [2.75, 3.05) is 5.32 Å². The van der Waals surface area contributed by atoms with Crippen molar-refractivity contribution in [2.24, 2.45) is 0 Å². The summed E-state index contributed by atoms with van der Waals surface area (Å²) < 4.78 is -1.84. The Morgan fingerprint density at radius 2 is 1.75 bits per heavy atom. The zero-order chi connectivity index (χ0) is 17.7. The van der Waals surface area contributed by atoms with Gasteiger partial charge in [-0.1, -0.05) is 59.1 Å². The molecule has 0 fully saturated rings. The van der Waals surface area contributed by atoms with E-state index in [-0.39, 0.29) is 11.3 Å². The molecule has 9 heteroatoms. The monoisotopic (exact) mass is 387 g/mol. The van der Waals surface area contributed by atoms with Crippen molar-refractivity contribution in [1.82, 2.24) is 5.32 Å². The molecule has 0 heterocycles. The van der Waals surface area contributed by atoms with Crippen molar-refractivity contribution in [3.8, 4) is 0 Å². The first kappa shape index (κ1) is 18.3. The summed E-state index contributed by atoms with van der Waals surface area (Å²) in [5, 5.41) is 16.2. The number of alkyl halides is 3. The van der Waals surface area contributed by atoms with Crippen LogP contribution in [-0.2, 0) is 0 Å². The molecule has 6 nitrogen and oxygen atoms in total. The molecule has 2 aromatic rings. The van der Waals surface area contributed by atoms with E-state index < -0.39 is 20.8 Å². The predicted molar refractivity (Wildman–Crippen MR) is 94.7 cm³/mol. The number of anilines is 1. The number of non-ortho nitro benzene ring substituents is 1. The highest BCUT2D eigenvalue weighted by Gasteiger charge is 2.34. The molecule has 2 aromatic carbocycles. The second-order valence-corrected chi connectivity index (χ2v) is 7.13. The second-order valence-electron chi connectivity index (χ2n) is 4.77. The Morgan fingerprint density at radius 1 is 1.08 bits per heavy atom. The van der Waals surface area contributed by atoms with Crippen molar-refractivity contribution in [1.29, 1.82) is 0 Å². The third-order valence-corrected chi connectivity index (χ3v) is 3.66. The van der Waals surface area contributed by atoms with Gasteiger partial charge in [-0.15, -0.1) is 0 Å². The summed E-state index contributed by atoms with van der Waals surface area (Å²) in [5.74, 6) is -0.613. The molecule has 0 spiro atoms. The summed E-state index contributed by atoms with van der Waals surface area (Å²) in [5.41, 5.74) is 0.510. The van der Waals surface area contributed by atoms with Gasteiger partial charge in [-0.25, -0.2) is 0 Å². The fourth-order valence-corrected chi connectivity index (χ4v) is 2.20. The smallest absolute Gasteiger partial charge is 0.270 e. The van der Waals surface area contributed by atoms with Gasteiger partial charge in [-0.2, -0.15) is 0 Å². The third kappa shape index (κ3) is 4.99. The molecule has 0 radical (unpaired) electrons. The maximum absolute atomic E-state index is 12.3. The number of nitrogens with one attached hydrogen (secondary N) is 2. The molecule has 2 rings (SSSR count). The number of nitro benzene ring substituents is 1. The molecule has 1 atom stereocenters. The molecule has 0 aromatic heterocycles. The van der Waals surface area contributed by atoms with Crippen LogP contribution in [0.3, 0.4) is 0 Å². The highest BCUT2D eigenvalue weighted by molar-refractivity contribution is 6.68. The van der Waals surface area contributed by atoms with E-state index in [2.05, 4.69) is 10.6 Å². The molecule has 0 bridgehead atoms. The minimum Gasteiger partial charge on any atom is -0.362 e. The Morgan fingerprint density at radius 3 is 2.33 bits per heavy atom. The molecular formula is C15H12Cl3N3O3. The van der Waals surface area contributed by atoms with Crippen LogP contribution in [0, 0.1) is 10.1 Å². The normalized spacial score (nSPS) is 12.3. The zero-order valence-electron chi connectivity index (χ0n) is 12.1. The van der Waals surface area contributed by atoms with Crippen LogP contribution in [0.25, 0.3) is 0 Å². The third-order valence-electron chi connectivity index (χ3n) is 3.01. The fraction of sp³-hybridized carbons (Fsp3) is 0.133. The average molecular weight is 389 g/mol. The average Bonchev–Trinajstić information content (AvgIpc) is 2.54. The topological polar surface area (TPSA) is 84.3 Å². The van der Waals surface area contributed by atoms with Crippen molar-refractivity contribution in [3.05, 3.63) is 70.3 Å². The number of nitro groups is 1. The first-order chi connectivity index (χ1) is 11.3. The number of nitrogens with zero attached hydrogens (tertiary/aromatic N) is 1. The Labute approximate surface area is 152 Å². The van der Waals surface area contributed by atoms with Crippen LogP contribution < -0.4 is 10.6 Å². The van der Waals surface area contributed by atoms with Crippen molar-refractivity contribution in [3.63, 3.8) is 0 Å². The van der Waals surface area contributed by atoms with Crippen molar-refractivity contribution in [2.45, 2.75) is 9.96 Å². The number of rotatable bonds is 5.